The van der Waals surface area contributed by atoms with Gasteiger partial charge in [0.1, 0.15) is 28.5 Å². The van der Waals surface area contributed by atoms with Crippen molar-refractivity contribution in [2.75, 3.05) is 13.2 Å². The van der Waals surface area contributed by atoms with E-state index in [4.69, 9.17) is 13.9 Å². The first kappa shape index (κ1) is 27.9. The molecule has 1 heterocycles. The van der Waals surface area contributed by atoms with Crippen LogP contribution in [0.5, 0.6) is 0 Å². The number of hydrogen-bond acceptors (Lipinski definition) is 6. The van der Waals surface area contributed by atoms with Crippen molar-refractivity contribution in [3.8, 4) is 0 Å². The zero-order valence-electron chi connectivity index (χ0n) is 22.8. The summed E-state index contributed by atoms with van der Waals surface area (Å²) in [5.74, 6) is -2.22. The maximum Gasteiger partial charge on any atom is 0.421 e. The van der Waals surface area contributed by atoms with Gasteiger partial charge >= 0.3 is 11.7 Å². The normalized spacial score (nSPS) is 12.9. The number of benzene rings is 4. The zero-order chi connectivity index (χ0) is 28.8. The molecule has 0 fully saturated rings. The van der Waals surface area contributed by atoms with E-state index in [1.165, 1.54) is 4.57 Å². The van der Waals surface area contributed by atoms with E-state index in [9.17, 15) is 14.7 Å². The van der Waals surface area contributed by atoms with E-state index in [0.29, 0.717) is 5.52 Å². The fraction of sp³-hybridized carbons (Fsp3) is 0.152. The average Bonchev–Trinajstić information content (AvgIpc) is 3.34. The van der Waals surface area contributed by atoms with E-state index in [-0.39, 0.29) is 24.1 Å². The molecule has 0 radical (unpaired) electrons. The van der Waals surface area contributed by atoms with Gasteiger partial charge in [0.2, 0.25) is 0 Å². The van der Waals surface area contributed by atoms with Crippen LogP contribution in [-0.2, 0) is 14.3 Å². The van der Waals surface area contributed by atoms with Crippen molar-refractivity contribution in [1.82, 2.24) is 4.57 Å². The van der Waals surface area contributed by atoms with Gasteiger partial charge in [0, 0.05) is 0 Å². The highest BCUT2D eigenvalue weighted by molar-refractivity contribution is 7.99. The van der Waals surface area contributed by atoms with Gasteiger partial charge in [0.25, 0.3) is 0 Å². The molecule has 4 aromatic carbocycles. The van der Waals surface area contributed by atoms with Crippen LogP contribution in [0.25, 0.3) is 11.1 Å². The van der Waals surface area contributed by atoms with Crippen molar-refractivity contribution in [3.63, 3.8) is 0 Å². The number of ether oxygens (including phenoxy) is 2. The van der Waals surface area contributed by atoms with E-state index < -0.39 is 31.0 Å². The molecule has 208 valence electrons. The maximum atomic E-state index is 14.4. The van der Waals surface area contributed by atoms with Crippen molar-refractivity contribution >= 4 is 40.2 Å². The first-order chi connectivity index (χ1) is 20.0. The second-order valence-electron chi connectivity index (χ2n) is 9.14. The Bertz CT molecular complexity index is 1610. The Kier molecular flexibility index (Phi) is 8.37. The minimum absolute atomic E-state index is 0.0451. The molecular weight excluding hydrogens is 537 g/mol. The van der Waals surface area contributed by atoms with E-state index in [1.807, 2.05) is 91.0 Å². The van der Waals surface area contributed by atoms with Crippen molar-refractivity contribution in [3.05, 3.63) is 137 Å². The maximum absolute atomic E-state index is 14.4. The average molecular weight is 568 g/mol. The number of carbonyl (C=O) groups is 1. The van der Waals surface area contributed by atoms with Crippen LogP contribution in [0, 0.1) is 0 Å². The van der Waals surface area contributed by atoms with Crippen LogP contribution < -0.4 is 26.8 Å². The number of nitrogens with zero attached hydrogens (tertiary/aromatic N) is 1. The largest absolute Gasteiger partial charge is 0.611 e. The van der Waals surface area contributed by atoms with E-state index >= 15 is 0 Å². The summed E-state index contributed by atoms with van der Waals surface area (Å²) in [7, 11) is -3.18. The molecule has 1 aromatic heterocycles. The van der Waals surface area contributed by atoms with E-state index in [2.05, 4.69) is 0 Å². The van der Waals surface area contributed by atoms with Gasteiger partial charge in [-0.05, 0) is 62.1 Å². The number of esters is 1. The molecule has 0 amide bonds. The monoisotopic (exact) mass is 567 g/mol. The van der Waals surface area contributed by atoms with Crippen molar-refractivity contribution in [2.45, 2.75) is 19.9 Å². The second kappa shape index (κ2) is 12.3. The van der Waals surface area contributed by atoms with Gasteiger partial charge < -0.3 is 19.0 Å². The zero-order valence-corrected chi connectivity index (χ0v) is 23.7. The lowest BCUT2D eigenvalue weighted by Gasteiger charge is -2.35. The fourth-order valence-electron chi connectivity index (χ4n) is 5.25. The molecule has 5 aromatic rings. The smallest absolute Gasteiger partial charge is 0.421 e. The topological polar surface area (TPSA) is 93.7 Å². The third-order valence-corrected chi connectivity index (χ3v) is 11.2. The number of para-hydroxylation sites is 2. The fourth-order valence-corrected chi connectivity index (χ4v) is 9.76. The summed E-state index contributed by atoms with van der Waals surface area (Å²) in [6.07, 6.45) is 0. The first-order valence-electron chi connectivity index (χ1n) is 13.4. The summed E-state index contributed by atoms with van der Waals surface area (Å²) in [5, 5.41) is 17.0. The second-order valence-corrected chi connectivity index (χ2v) is 12.5. The Balaban J connectivity index is 2.00. The van der Waals surface area contributed by atoms with Crippen LogP contribution in [0.4, 0.5) is 0 Å². The Morgan fingerprint density at radius 1 is 0.756 bits per heavy atom. The molecule has 0 unspecified atom stereocenters. The lowest BCUT2D eigenvalue weighted by molar-refractivity contribution is -0.358. The van der Waals surface area contributed by atoms with Gasteiger partial charge in [-0.1, -0.05) is 73.7 Å². The Morgan fingerprint density at radius 2 is 1.22 bits per heavy atom. The number of aromatic nitrogens is 1. The molecule has 0 saturated heterocycles. The SMILES string of the molecule is CCOC(=O)[C@@H](/C(=C(/[O-])OCC)[P+](c1ccccc1)(c1ccccc1)c1ccccc1)n1c(=O)oc2ccccc21. The number of carbonyl (C=O) groups excluding carboxylic acids is 1. The minimum atomic E-state index is -3.18. The first-order valence-corrected chi connectivity index (χ1v) is 15.2. The molecule has 0 aliphatic carbocycles. The summed E-state index contributed by atoms with van der Waals surface area (Å²) in [6.45, 7) is 3.51. The van der Waals surface area contributed by atoms with E-state index in [0.717, 1.165) is 15.9 Å². The summed E-state index contributed by atoms with van der Waals surface area (Å²) in [6, 6.07) is 34.1. The van der Waals surface area contributed by atoms with Crippen molar-refractivity contribution < 1.29 is 23.8 Å². The van der Waals surface area contributed by atoms with Gasteiger partial charge in [0.05, 0.1) is 18.1 Å². The molecule has 0 saturated carbocycles. The molecule has 41 heavy (non-hydrogen) atoms. The number of rotatable bonds is 10. The Hall–Kier alpha value is -4.61. The predicted octanol–water partition coefficient (Wildman–Crippen LogP) is 4.26. The summed E-state index contributed by atoms with van der Waals surface area (Å²) < 4.78 is 18.1. The molecule has 1 atom stereocenters. The molecule has 0 aliphatic rings. The van der Waals surface area contributed by atoms with Gasteiger partial charge in [0.15, 0.2) is 11.6 Å². The van der Waals surface area contributed by atoms with Crippen LogP contribution in [0.2, 0.25) is 0 Å². The van der Waals surface area contributed by atoms with Crippen LogP contribution in [0.3, 0.4) is 0 Å². The molecule has 5 rings (SSSR count). The number of oxazole rings is 1. The van der Waals surface area contributed by atoms with Gasteiger partial charge in [-0.25, -0.2) is 9.59 Å². The molecule has 7 nitrogen and oxygen atoms in total. The standard InChI is InChI=1S/C33H30NO6P/c1-3-38-31(35)29(34-27-22-14-15-23-28(27)40-33(34)37)30(32(36)39-4-2)41(24-16-8-5-9-17-24,25-18-10-6-11-19-25)26-20-12-7-13-21-26/h5-23,29H,3-4H2,1-2H3/b32-30+/t29-/m1/s1. The lowest BCUT2D eigenvalue weighted by atomic mass is 10.2. The van der Waals surface area contributed by atoms with Gasteiger partial charge in [-0.3, -0.25) is 4.57 Å². The third kappa shape index (κ3) is 5.05. The lowest BCUT2D eigenvalue weighted by Crippen LogP contribution is -2.41. The number of hydrogen-bond donors (Lipinski definition) is 0. The van der Waals surface area contributed by atoms with Crippen LogP contribution >= 0.6 is 7.26 Å². The minimum Gasteiger partial charge on any atom is -0.611 e. The number of fused-ring (bicyclic) bond motifs is 1. The van der Waals surface area contributed by atoms with Crippen molar-refractivity contribution in [2.24, 2.45) is 0 Å². The van der Waals surface area contributed by atoms with Crippen LogP contribution in [0.15, 0.2) is 136 Å². The Labute approximate surface area is 238 Å². The molecule has 0 aliphatic heterocycles. The highest BCUT2D eigenvalue weighted by Gasteiger charge is 2.56. The molecular formula is C33H30NO6P. The van der Waals surface area contributed by atoms with Crippen LogP contribution in [0.1, 0.15) is 19.9 Å². The molecule has 0 N–H and O–H groups in total. The third-order valence-electron chi connectivity index (χ3n) is 6.82. The van der Waals surface area contributed by atoms with Crippen LogP contribution in [-0.4, -0.2) is 23.8 Å². The van der Waals surface area contributed by atoms with Gasteiger partial charge in [-0.15, -0.1) is 0 Å². The summed E-state index contributed by atoms with van der Waals surface area (Å²) >= 11 is 0. The summed E-state index contributed by atoms with van der Waals surface area (Å²) in [4.78, 5) is 27.6. The highest BCUT2D eigenvalue weighted by Crippen LogP contribution is 2.66. The van der Waals surface area contributed by atoms with Crippen molar-refractivity contribution in [1.29, 1.82) is 0 Å². The quantitative estimate of drug-likeness (QED) is 0.142. The van der Waals surface area contributed by atoms with E-state index in [1.54, 1.807) is 38.1 Å². The Morgan fingerprint density at radius 3 is 1.71 bits per heavy atom. The molecule has 8 heteroatoms. The highest BCUT2D eigenvalue weighted by atomic mass is 31.2. The molecule has 0 spiro atoms. The van der Waals surface area contributed by atoms with Gasteiger partial charge in [-0.2, -0.15) is 0 Å². The predicted molar refractivity (Wildman–Crippen MR) is 160 cm³/mol. The summed E-state index contributed by atoms with van der Waals surface area (Å²) in [5.41, 5.74) is 0.655. The molecule has 0 bridgehead atoms.